The van der Waals surface area contributed by atoms with Crippen LogP contribution >= 0.6 is 0 Å². The molecule has 0 aromatic heterocycles. The van der Waals surface area contributed by atoms with E-state index >= 15 is 0 Å². The first-order chi connectivity index (χ1) is 18.5. The molecule has 0 saturated carbocycles. The van der Waals surface area contributed by atoms with Gasteiger partial charge in [0.25, 0.3) is 5.91 Å². The first-order valence-electron chi connectivity index (χ1n) is 11.4. The molecule has 0 aliphatic carbocycles. The number of fused-ring (bicyclic) bond motifs is 1. The van der Waals surface area contributed by atoms with Crippen molar-refractivity contribution < 1.29 is 41.3 Å². The van der Waals surface area contributed by atoms with E-state index in [0.29, 0.717) is 27.6 Å². The van der Waals surface area contributed by atoms with Crippen LogP contribution in [0.25, 0.3) is 10.8 Å². The first kappa shape index (κ1) is 28.0. The number of phenols is 2. The van der Waals surface area contributed by atoms with E-state index in [-0.39, 0.29) is 11.5 Å². The molecule has 0 atom stereocenters. The molecule has 8 heteroatoms. The van der Waals surface area contributed by atoms with Gasteiger partial charge >= 0.3 is 21.0 Å². The molecule has 0 aliphatic rings. The van der Waals surface area contributed by atoms with Gasteiger partial charge in [0.15, 0.2) is 0 Å². The van der Waals surface area contributed by atoms with Crippen LogP contribution in [-0.2, 0) is 21.0 Å². The Hall–Kier alpha value is -4.56. The number of phenolic OH excluding ortho intramolecular Hbond substituents is 2. The van der Waals surface area contributed by atoms with Crippen molar-refractivity contribution in [1.29, 1.82) is 0 Å². The number of hydrogen-bond acceptors (Lipinski definition) is 6. The van der Waals surface area contributed by atoms with Gasteiger partial charge < -0.3 is 10.2 Å². The second-order valence-corrected chi connectivity index (χ2v) is 7.78. The number of rotatable bonds is 4. The number of aromatic hydroxyl groups is 2. The third-order valence-electron chi connectivity index (χ3n) is 5.38. The van der Waals surface area contributed by atoms with Gasteiger partial charge in [0, 0.05) is 17.3 Å². The van der Waals surface area contributed by atoms with Gasteiger partial charge in [0.05, 0.1) is 5.69 Å². The Morgan fingerprint density at radius 3 is 1.95 bits per heavy atom. The van der Waals surface area contributed by atoms with Crippen LogP contribution in [0.4, 0.5) is 11.4 Å². The fourth-order valence-corrected chi connectivity index (χ4v) is 3.52. The van der Waals surface area contributed by atoms with Crippen LogP contribution in [0.5, 0.6) is 11.5 Å². The first-order valence-corrected chi connectivity index (χ1v) is 12.0. The van der Waals surface area contributed by atoms with Gasteiger partial charge in [-0.3, -0.25) is 15.0 Å². The minimum atomic E-state index is -0.438. The summed E-state index contributed by atoms with van der Waals surface area (Å²) in [5, 5.41) is 32.0. The second-order valence-electron chi connectivity index (χ2n) is 7.78. The van der Waals surface area contributed by atoms with Gasteiger partial charge in [-0.25, -0.2) is 0 Å². The molecule has 0 saturated heterocycles. The van der Waals surface area contributed by atoms with E-state index in [1.165, 1.54) is 0 Å². The van der Waals surface area contributed by atoms with E-state index in [1.54, 1.807) is 85.1 Å². The summed E-state index contributed by atoms with van der Waals surface area (Å²) in [6.45, 7) is 0. The van der Waals surface area contributed by atoms with Crippen molar-refractivity contribution in [3.8, 4) is 11.5 Å². The molecule has 5 aromatic carbocycles. The van der Waals surface area contributed by atoms with E-state index in [1.807, 2.05) is 42.5 Å². The number of amides is 1. The van der Waals surface area contributed by atoms with Gasteiger partial charge in [-0.1, -0.05) is 78.9 Å². The fourth-order valence-electron chi connectivity index (χ4n) is 3.52. The summed E-state index contributed by atoms with van der Waals surface area (Å²) in [5.74, 6) is -0.154. The van der Waals surface area contributed by atoms with Gasteiger partial charge in [-0.2, -0.15) is 5.06 Å². The normalized spacial score (nSPS) is 10.1. The molecule has 1 amide bonds. The van der Waals surface area contributed by atoms with Crippen LogP contribution in [0, 0.1) is 0 Å². The molecule has 0 unspecified atom stereocenters. The van der Waals surface area contributed by atoms with Gasteiger partial charge in [-0.05, 0) is 53.2 Å². The summed E-state index contributed by atoms with van der Waals surface area (Å²) in [4.78, 5) is 16.1. The number of anilines is 1. The van der Waals surface area contributed by atoms with Crippen LogP contribution in [0.1, 0.15) is 15.9 Å². The minimum absolute atomic E-state index is 0.114. The van der Waals surface area contributed by atoms with Crippen LogP contribution < -0.4 is 5.06 Å². The van der Waals surface area contributed by atoms with E-state index in [0.717, 1.165) is 28.1 Å². The quantitative estimate of drug-likeness (QED) is 0.134. The van der Waals surface area contributed by atoms with Gasteiger partial charge in [0.1, 0.15) is 17.2 Å². The Morgan fingerprint density at radius 1 is 0.684 bits per heavy atom. The molecule has 5 aromatic rings. The molecule has 0 fully saturated rings. The molecule has 0 aliphatic heterocycles. The van der Waals surface area contributed by atoms with E-state index in [4.69, 9.17) is 3.67 Å². The molecular formula is C30H24N2O5V. The molecule has 0 heterocycles. The molecular weight excluding hydrogens is 519 g/mol. The number of para-hydroxylation sites is 3. The van der Waals surface area contributed by atoms with Crippen molar-refractivity contribution in [3.63, 3.8) is 0 Å². The number of hydrogen-bond donors (Lipinski definition) is 3. The number of hydroxylamine groups is 1. The predicted octanol–water partition coefficient (Wildman–Crippen LogP) is 6.60. The monoisotopic (exact) mass is 543 g/mol. The zero-order chi connectivity index (χ0) is 27.3. The van der Waals surface area contributed by atoms with Crippen molar-refractivity contribution >= 4 is 34.3 Å². The molecule has 0 spiro atoms. The van der Waals surface area contributed by atoms with Crippen LogP contribution in [0.15, 0.2) is 126 Å². The molecule has 38 heavy (non-hydrogen) atoms. The molecule has 0 bridgehead atoms. The Kier molecular flexibility index (Phi) is 10.5. The van der Waals surface area contributed by atoms with E-state index < -0.39 is 5.91 Å². The van der Waals surface area contributed by atoms with Gasteiger partial charge in [0.2, 0.25) is 0 Å². The summed E-state index contributed by atoms with van der Waals surface area (Å²) < 4.78 is 8.19. The number of carbonyl (C=O) groups is 1. The third-order valence-corrected chi connectivity index (χ3v) is 5.38. The molecule has 189 valence electrons. The van der Waals surface area contributed by atoms with E-state index in [9.17, 15) is 20.2 Å². The predicted molar refractivity (Wildman–Crippen MR) is 143 cm³/mol. The van der Waals surface area contributed by atoms with Crippen LogP contribution in [0.2, 0.25) is 0 Å². The summed E-state index contributed by atoms with van der Waals surface area (Å²) in [5.41, 5.74) is 2.02. The van der Waals surface area contributed by atoms with Crippen LogP contribution in [-0.4, -0.2) is 27.5 Å². The average Bonchev–Trinajstić information content (AvgIpc) is 2.99. The maximum absolute atomic E-state index is 11.8. The standard InChI is InChI=1S/C17H13NO2.C13H11NO2.O.V/c19-16-10-9-12-5-1-2-6-13(12)14(16)11-18-15-7-3-4-8-17(15)20;15-13(11-7-3-1-4-8-11)14(16)12-9-5-2-6-10-12;;/h1-11,19-20H;1-10,16H;;. The Labute approximate surface area is 229 Å². The van der Waals surface area contributed by atoms with Crippen molar-refractivity contribution in [3.05, 3.63) is 132 Å². The van der Waals surface area contributed by atoms with Crippen molar-refractivity contribution in [2.24, 2.45) is 4.99 Å². The number of aliphatic imine (C=N–C) groups is 1. The Balaban J connectivity index is 0.000000202. The Bertz CT molecular complexity index is 1510. The third kappa shape index (κ3) is 7.24. The zero-order valence-corrected chi connectivity index (χ0v) is 21.5. The van der Waals surface area contributed by atoms with Crippen molar-refractivity contribution in [1.82, 2.24) is 0 Å². The topological polar surface area (TPSA) is 110 Å². The number of carbonyl (C=O) groups excluding carboxylic acids is 1. The summed E-state index contributed by atoms with van der Waals surface area (Å²) in [6.07, 6.45) is 1.58. The van der Waals surface area contributed by atoms with E-state index in [2.05, 4.69) is 4.99 Å². The van der Waals surface area contributed by atoms with Crippen LogP contribution in [0.3, 0.4) is 0 Å². The number of benzene rings is 5. The molecule has 5 rings (SSSR count). The molecule has 3 N–H and O–H groups in total. The zero-order valence-electron chi connectivity index (χ0n) is 20.1. The summed E-state index contributed by atoms with van der Waals surface area (Å²) >= 11 is 1.06. The summed E-state index contributed by atoms with van der Waals surface area (Å²) in [6, 6.07) is 35.5. The Morgan fingerprint density at radius 2 is 1.26 bits per heavy atom. The van der Waals surface area contributed by atoms with Crippen molar-refractivity contribution in [2.45, 2.75) is 0 Å². The molecule has 0 radical (unpaired) electrons. The average molecular weight is 543 g/mol. The fraction of sp³-hybridized carbons (Fsp3) is 0. The van der Waals surface area contributed by atoms with Gasteiger partial charge in [-0.15, -0.1) is 0 Å². The second kappa shape index (κ2) is 14.3. The van der Waals surface area contributed by atoms with Crippen molar-refractivity contribution in [2.75, 3.05) is 5.06 Å². The number of nitrogens with zero attached hydrogens (tertiary/aromatic N) is 2. The maximum atomic E-state index is 11.8. The molecule has 7 nitrogen and oxygen atoms in total. The SMILES string of the molecule is O=C(c1ccccc1)N(O)c1ccccc1.Oc1ccccc1N=Cc1c(O)ccc2ccccc12.[O]=[V]. The summed E-state index contributed by atoms with van der Waals surface area (Å²) in [7, 11) is 0.